The Labute approximate surface area is 194 Å². The highest BCUT2D eigenvalue weighted by Gasteiger charge is 2.42. The molecule has 3 amide bonds. The van der Waals surface area contributed by atoms with Crippen molar-refractivity contribution in [3.63, 3.8) is 0 Å². The molecule has 174 valence electrons. The van der Waals surface area contributed by atoms with E-state index in [1.165, 1.54) is 11.1 Å². The maximum absolute atomic E-state index is 12.7. The zero-order valence-corrected chi connectivity index (χ0v) is 19.4. The maximum Gasteiger partial charge on any atom is 0.317 e. The lowest BCUT2D eigenvalue weighted by atomic mass is 9.99. The van der Waals surface area contributed by atoms with Crippen LogP contribution < -0.4 is 5.32 Å². The van der Waals surface area contributed by atoms with Crippen LogP contribution in [0.5, 0.6) is 0 Å². The number of nitrogens with one attached hydrogen (secondary N) is 1. The number of benzene rings is 1. The molecule has 4 atom stereocenters. The van der Waals surface area contributed by atoms with Gasteiger partial charge in [0.25, 0.3) is 0 Å². The van der Waals surface area contributed by atoms with Gasteiger partial charge < -0.3 is 20.2 Å². The SMILES string of the molecule is O=C(NCC1SC(CN2CCc3ccccc3C2)C1O)N1CCCC(N2CCCC2=O)C1. The van der Waals surface area contributed by atoms with E-state index in [0.29, 0.717) is 19.5 Å². The number of hydrogen-bond donors (Lipinski definition) is 2. The van der Waals surface area contributed by atoms with Gasteiger partial charge in [0.15, 0.2) is 0 Å². The molecule has 8 heteroatoms. The summed E-state index contributed by atoms with van der Waals surface area (Å²) in [5, 5.41) is 14.0. The molecule has 32 heavy (non-hydrogen) atoms. The van der Waals surface area contributed by atoms with Crippen molar-refractivity contribution in [3.05, 3.63) is 35.4 Å². The number of urea groups is 1. The molecular formula is C24H34N4O3S. The Bertz CT molecular complexity index is 852. The van der Waals surface area contributed by atoms with Crippen LogP contribution in [0.1, 0.15) is 36.8 Å². The summed E-state index contributed by atoms with van der Waals surface area (Å²) in [5.74, 6) is 0.231. The molecular weight excluding hydrogens is 424 g/mol. The predicted octanol–water partition coefficient (Wildman–Crippen LogP) is 1.69. The van der Waals surface area contributed by atoms with Crippen molar-refractivity contribution in [1.29, 1.82) is 0 Å². The van der Waals surface area contributed by atoms with Crippen LogP contribution in [0.15, 0.2) is 24.3 Å². The Morgan fingerprint density at radius 2 is 1.94 bits per heavy atom. The van der Waals surface area contributed by atoms with Gasteiger partial charge in [0.05, 0.1) is 6.10 Å². The third-order valence-corrected chi connectivity index (χ3v) is 9.02. The van der Waals surface area contributed by atoms with Crippen molar-refractivity contribution >= 4 is 23.7 Å². The van der Waals surface area contributed by atoms with E-state index in [1.54, 1.807) is 11.8 Å². The van der Waals surface area contributed by atoms with E-state index in [9.17, 15) is 14.7 Å². The van der Waals surface area contributed by atoms with Crippen LogP contribution in [0.3, 0.4) is 0 Å². The number of nitrogens with zero attached hydrogens (tertiary/aromatic N) is 3. The summed E-state index contributed by atoms with van der Waals surface area (Å²) < 4.78 is 0. The van der Waals surface area contributed by atoms with Crippen molar-refractivity contribution in [1.82, 2.24) is 20.0 Å². The summed E-state index contributed by atoms with van der Waals surface area (Å²) in [4.78, 5) is 31.0. The van der Waals surface area contributed by atoms with Crippen LogP contribution in [0.4, 0.5) is 4.79 Å². The lowest BCUT2D eigenvalue weighted by Gasteiger charge is -2.44. The van der Waals surface area contributed by atoms with Crippen LogP contribution in [0.2, 0.25) is 0 Å². The highest BCUT2D eigenvalue weighted by Crippen LogP contribution is 2.38. The first kappa shape index (κ1) is 22.0. The molecule has 4 unspecified atom stereocenters. The fraction of sp³-hybridized carbons (Fsp3) is 0.667. The summed E-state index contributed by atoms with van der Waals surface area (Å²) in [6.07, 6.45) is 4.18. The summed E-state index contributed by atoms with van der Waals surface area (Å²) in [6, 6.07) is 8.72. The van der Waals surface area contributed by atoms with E-state index < -0.39 is 0 Å². The van der Waals surface area contributed by atoms with Crippen molar-refractivity contribution in [2.75, 3.05) is 39.3 Å². The first-order valence-electron chi connectivity index (χ1n) is 12.0. The average Bonchev–Trinajstić information content (AvgIpc) is 3.26. The normalized spacial score (nSPS) is 30.7. The van der Waals surface area contributed by atoms with Gasteiger partial charge in [-0.2, -0.15) is 0 Å². The molecule has 0 saturated carbocycles. The van der Waals surface area contributed by atoms with Crippen molar-refractivity contribution in [2.45, 2.75) is 61.3 Å². The molecule has 4 heterocycles. The van der Waals surface area contributed by atoms with E-state index in [0.717, 1.165) is 58.4 Å². The third kappa shape index (κ3) is 4.63. The predicted molar refractivity (Wildman–Crippen MR) is 126 cm³/mol. The molecule has 3 saturated heterocycles. The van der Waals surface area contributed by atoms with Gasteiger partial charge in [-0.1, -0.05) is 24.3 Å². The monoisotopic (exact) mass is 458 g/mol. The first-order valence-corrected chi connectivity index (χ1v) is 13.0. The van der Waals surface area contributed by atoms with Crippen LogP contribution in [0, 0.1) is 0 Å². The van der Waals surface area contributed by atoms with Crippen LogP contribution in [0.25, 0.3) is 0 Å². The second-order valence-electron chi connectivity index (χ2n) is 9.58. The molecule has 7 nitrogen and oxygen atoms in total. The standard InChI is InChI=1S/C24H34N4O3S/c29-22-8-4-11-28(22)19-7-3-10-27(15-19)24(31)25-13-20-23(30)21(32-20)16-26-12-9-17-5-1-2-6-18(17)14-26/h1-2,5-6,19-21,23,30H,3-4,7-16H2,(H,25,31). The summed E-state index contributed by atoms with van der Waals surface area (Å²) >= 11 is 1.79. The Balaban J connectivity index is 1.04. The molecule has 0 radical (unpaired) electrons. The van der Waals surface area contributed by atoms with Crippen LogP contribution >= 0.6 is 11.8 Å². The average molecular weight is 459 g/mol. The number of rotatable bonds is 5. The third-order valence-electron chi connectivity index (χ3n) is 7.45. The van der Waals surface area contributed by atoms with Gasteiger partial charge in [0.1, 0.15) is 0 Å². The number of aliphatic hydroxyl groups is 1. The molecule has 1 aromatic rings. The van der Waals surface area contributed by atoms with E-state index in [4.69, 9.17) is 0 Å². The number of piperidine rings is 1. The van der Waals surface area contributed by atoms with Crippen molar-refractivity contribution in [3.8, 4) is 0 Å². The minimum atomic E-state index is -0.381. The van der Waals surface area contributed by atoms with Crippen molar-refractivity contribution < 1.29 is 14.7 Å². The molecule has 0 aromatic heterocycles. The minimum absolute atomic E-state index is 0.0572. The van der Waals surface area contributed by atoms with Gasteiger partial charge in [-0.05, 0) is 36.8 Å². The number of carbonyl (C=O) groups is 2. The first-order chi connectivity index (χ1) is 15.6. The number of amides is 3. The molecule has 3 fully saturated rings. The topological polar surface area (TPSA) is 76.1 Å². The van der Waals surface area contributed by atoms with E-state index in [2.05, 4.69) is 34.5 Å². The summed E-state index contributed by atoms with van der Waals surface area (Å²) in [5.41, 5.74) is 2.84. The van der Waals surface area contributed by atoms with Gasteiger partial charge in [-0.15, -0.1) is 11.8 Å². The van der Waals surface area contributed by atoms with Crippen molar-refractivity contribution in [2.24, 2.45) is 0 Å². The lowest BCUT2D eigenvalue weighted by molar-refractivity contribution is -0.130. The maximum atomic E-state index is 12.7. The fourth-order valence-electron chi connectivity index (χ4n) is 5.57. The molecule has 2 N–H and O–H groups in total. The number of thioether (sulfide) groups is 1. The second kappa shape index (κ2) is 9.61. The Morgan fingerprint density at radius 3 is 2.72 bits per heavy atom. The van der Waals surface area contributed by atoms with Gasteiger partial charge in [-0.3, -0.25) is 9.69 Å². The van der Waals surface area contributed by atoms with E-state index in [-0.39, 0.29) is 34.6 Å². The molecule has 0 aliphatic carbocycles. The zero-order chi connectivity index (χ0) is 22.1. The number of fused-ring (bicyclic) bond motifs is 1. The van der Waals surface area contributed by atoms with Gasteiger partial charge in [0.2, 0.25) is 5.91 Å². The number of hydrogen-bond acceptors (Lipinski definition) is 5. The van der Waals surface area contributed by atoms with Crippen LogP contribution in [-0.4, -0.2) is 93.7 Å². The summed E-state index contributed by atoms with van der Waals surface area (Å²) in [7, 11) is 0. The molecule has 4 aliphatic heterocycles. The van der Waals surface area contributed by atoms with Crippen LogP contribution in [-0.2, 0) is 17.8 Å². The number of likely N-dealkylation sites (tertiary alicyclic amines) is 2. The number of aliphatic hydroxyl groups excluding tert-OH is 1. The quantitative estimate of drug-likeness (QED) is 0.702. The highest BCUT2D eigenvalue weighted by atomic mass is 32.2. The second-order valence-corrected chi connectivity index (χ2v) is 11.1. The Hall–Kier alpha value is -1.77. The smallest absolute Gasteiger partial charge is 0.317 e. The van der Waals surface area contributed by atoms with E-state index >= 15 is 0 Å². The lowest BCUT2D eigenvalue weighted by Crippen LogP contribution is -2.57. The summed E-state index contributed by atoms with van der Waals surface area (Å²) in [6.45, 7) is 5.57. The molecule has 4 aliphatic rings. The Morgan fingerprint density at radius 1 is 1.09 bits per heavy atom. The Kier molecular flexibility index (Phi) is 6.62. The van der Waals surface area contributed by atoms with Gasteiger partial charge in [0, 0.05) is 68.8 Å². The molecule has 0 spiro atoms. The van der Waals surface area contributed by atoms with Gasteiger partial charge >= 0.3 is 6.03 Å². The fourth-order valence-corrected chi connectivity index (χ4v) is 6.92. The molecule has 1 aromatic carbocycles. The molecule has 0 bridgehead atoms. The van der Waals surface area contributed by atoms with Gasteiger partial charge in [-0.25, -0.2) is 4.79 Å². The zero-order valence-electron chi connectivity index (χ0n) is 18.6. The molecule has 5 rings (SSSR count). The number of carbonyl (C=O) groups excluding carboxylic acids is 2. The highest BCUT2D eigenvalue weighted by molar-refractivity contribution is 8.02. The minimum Gasteiger partial charge on any atom is -0.391 e. The van der Waals surface area contributed by atoms with E-state index in [1.807, 2.05) is 9.80 Å². The largest absolute Gasteiger partial charge is 0.391 e.